The Balaban J connectivity index is 1.79. The molecule has 0 radical (unpaired) electrons. The number of hydrogen-bond donors (Lipinski definition) is 1. The van der Waals surface area contributed by atoms with Crippen LogP contribution in [0.4, 0.5) is 0 Å². The van der Waals surface area contributed by atoms with E-state index in [2.05, 4.69) is 43.4 Å². The number of rotatable bonds is 6. The standard InChI is InChI=1S/C23H35N3O2/c1-16(2)22(24-4)23(28)25-14-8-11-19(25)15-26(17(3)27)21-13-7-10-18-9-5-6-12-20(18)21/h5-6,9,12,16,19,21-22,24H,7-8,10-11,13-15H2,1-4H3/t19-,21+,22-/m0/s1. The number of hydrogen-bond acceptors (Lipinski definition) is 3. The minimum atomic E-state index is -0.165. The van der Waals surface area contributed by atoms with Crippen LogP contribution in [0.25, 0.3) is 0 Å². The largest absolute Gasteiger partial charge is 0.337 e. The fourth-order valence-electron chi connectivity index (χ4n) is 4.99. The number of nitrogens with one attached hydrogen (secondary N) is 1. The Morgan fingerprint density at radius 1 is 1.21 bits per heavy atom. The lowest BCUT2D eigenvalue weighted by atomic mass is 9.86. The number of carbonyl (C=O) groups excluding carboxylic acids is 2. The summed E-state index contributed by atoms with van der Waals surface area (Å²) in [6.45, 7) is 7.24. The zero-order valence-electron chi connectivity index (χ0n) is 17.8. The van der Waals surface area contributed by atoms with Crippen LogP contribution < -0.4 is 5.32 Å². The maximum atomic E-state index is 13.1. The maximum Gasteiger partial charge on any atom is 0.240 e. The van der Waals surface area contributed by atoms with Crippen LogP contribution in [0.15, 0.2) is 24.3 Å². The van der Waals surface area contributed by atoms with Gasteiger partial charge in [-0.25, -0.2) is 0 Å². The van der Waals surface area contributed by atoms with E-state index in [0.717, 1.165) is 38.6 Å². The molecule has 2 amide bonds. The van der Waals surface area contributed by atoms with Gasteiger partial charge in [0, 0.05) is 26.1 Å². The molecular weight excluding hydrogens is 350 g/mol. The van der Waals surface area contributed by atoms with Crippen LogP contribution in [0, 0.1) is 5.92 Å². The third-order valence-electron chi connectivity index (χ3n) is 6.43. The van der Waals surface area contributed by atoms with Crippen molar-refractivity contribution >= 4 is 11.8 Å². The average Bonchev–Trinajstić information content (AvgIpc) is 3.14. The normalized spacial score (nSPS) is 22.8. The van der Waals surface area contributed by atoms with E-state index < -0.39 is 0 Å². The van der Waals surface area contributed by atoms with Crippen molar-refractivity contribution in [2.75, 3.05) is 20.1 Å². The quantitative estimate of drug-likeness (QED) is 0.818. The molecule has 1 aromatic rings. The van der Waals surface area contributed by atoms with Crippen LogP contribution >= 0.6 is 0 Å². The second-order valence-corrected chi connectivity index (χ2v) is 8.62. The van der Waals surface area contributed by atoms with Gasteiger partial charge in [0.2, 0.25) is 11.8 Å². The molecule has 1 N–H and O–H groups in total. The van der Waals surface area contributed by atoms with Gasteiger partial charge in [-0.15, -0.1) is 0 Å². The molecule has 0 bridgehead atoms. The van der Waals surface area contributed by atoms with E-state index in [-0.39, 0.29) is 35.9 Å². The Bertz CT molecular complexity index is 703. The Morgan fingerprint density at radius 3 is 2.64 bits per heavy atom. The van der Waals surface area contributed by atoms with Crippen molar-refractivity contribution in [3.05, 3.63) is 35.4 Å². The Labute approximate surface area is 169 Å². The molecule has 1 fully saturated rings. The van der Waals surface area contributed by atoms with Gasteiger partial charge in [0.15, 0.2) is 0 Å². The predicted octanol–water partition coefficient (Wildman–Crippen LogP) is 3.15. The summed E-state index contributed by atoms with van der Waals surface area (Å²) in [6.07, 6.45) is 5.18. The highest BCUT2D eigenvalue weighted by Crippen LogP contribution is 2.35. The highest BCUT2D eigenvalue weighted by molar-refractivity contribution is 5.83. The molecule has 3 rings (SSSR count). The van der Waals surface area contributed by atoms with E-state index >= 15 is 0 Å². The van der Waals surface area contributed by atoms with Gasteiger partial charge in [0.25, 0.3) is 0 Å². The minimum Gasteiger partial charge on any atom is -0.337 e. The lowest BCUT2D eigenvalue weighted by molar-refractivity contribution is -0.139. The molecule has 1 heterocycles. The third-order valence-corrected chi connectivity index (χ3v) is 6.43. The summed E-state index contributed by atoms with van der Waals surface area (Å²) in [7, 11) is 1.86. The lowest BCUT2D eigenvalue weighted by Crippen LogP contribution is -2.53. The number of benzene rings is 1. The van der Waals surface area contributed by atoms with Gasteiger partial charge in [-0.3, -0.25) is 9.59 Å². The number of likely N-dealkylation sites (tertiary alicyclic amines) is 1. The monoisotopic (exact) mass is 385 g/mol. The maximum absolute atomic E-state index is 13.1. The van der Waals surface area contributed by atoms with E-state index in [1.165, 1.54) is 11.1 Å². The molecule has 1 aliphatic carbocycles. The summed E-state index contributed by atoms with van der Waals surface area (Å²) < 4.78 is 0. The highest BCUT2D eigenvalue weighted by atomic mass is 16.2. The molecular formula is C23H35N3O2. The van der Waals surface area contributed by atoms with Crippen LogP contribution in [0.2, 0.25) is 0 Å². The van der Waals surface area contributed by atoms with E-state index in [4.69, 9.17) is 0 Å². The molecule has 2 aliphatic rings. The van der Waals surface area contributed by atoms with Crippen LogP contribution in [-0.2, 0) is 16.0 Å². The Hall–Kier alpha value is -1.88. The molecule has 1 aromatic carbocycles. The van der Waals surface area contributed by atoms with Crippen LogP contribution in [0.1, 0.15) is 63.6 Å². The van der Waals surface area contributed by atoms with Gasteiger partial charge in [-0.1, -0.05) is 38.1 Å². The first kappa shape index (κ1) is 20.8. The van der Waals surface area contributed by atoms with Gasteiger partial charge >= 0.3 is 0 Å². The van der Waals surface area contributed by atoms with Crippen LogP contribution in [-0.4, -0.2) is 53.8 Å². The molecule has 1 aliphatic heterocycles. The van der Waals surface area contributed by atoms with Crippen molar-refractivity contribution in [1.82, 2.24) is 15.1 Å². The molecule has 0 unspecified atom stereocenters. The van der Waals surface area contributed by atoms with Crippen molar-refractivity contribution in [2.24, 2.45) is 5.92 Å². The molecule has 0 aromatic heterocycles. The first-order chi connectivity index (χ1) is 13.4. The molecule has 0 spiro atoms. The Kier molecular flexibility index (Phi) is 6.76. The number of aryl methyl sites for hydroxylation is 1. The number of likely N-dealkylation sites (N-methyl/N-ethyl adjacent to an activating group) is 1. The van der Waals surface area contributed by atoms with Gasteiger partial charge in [0.1, 0.15) is 0 Å². The molecule has 28 heavy (non-hydrogen) atoms. The summed E-state index contributed by atoms with van der Waals surface area (Å²) in [5.41, 5.74) is 2.65. The minimum absolute atomic E-state index is 0.107. The SMILES string of the molecule is CN[C@H](C(=O)N1CCC[C@H]1CN(C(C)=O)[C@@H]1CCCc2ccccc21)C(C)C. The summed E-state index contributed by atoms with van der Waals surface area (Å²) >= 11 is 0. The van der Waals surface area contributed by atoms with Crippen LogP contribution in [0.3, 0.4) is 0 Å². The molecule has 3 atom stereocenters. The first-order valence-corrected chi connectivity index (χ1v) is 10.8. The van der Waals surface area contributed by atoms with Gasteiger partial charge in [-0.2, -0.15) is 0 Å². The van der Waals surface area contributed by atoms with Crippen molar-refractivity contribution in [3.8, 4) is 0 Å². The summed E-state index contributed by atoms with van der Waals surface area (Å²) in [4.78, 5) is 29.8. The first-order valence-electron chi connectivity index (χ1n) is 10.8. The number of carbonyl (C=O) groups is 2. The van der Waals surface area contributed by atoms with Crippen molar-refractivity contribution < 1.29 is 9.59 Å². The van der Waals surface area contributed by atoms with E-state index in [9.17, 15) is 9.59 Å². The number of fused-ring (bicyclic) bond motifs is 1. The van der Waals surface area contributed by atoms with Crippen molar-refractivity contribution in [2.45, 2.75) is 71.0 Å². The fourth-order valence-corrected chi connectivity index (χ4v) is 4.99. The topological polar surface area (TPSA) is 52.7 Å². The second kappa shape index (κ2) is 9.08. The molecule has 5 heteroatoms. The highest BCUT2D eigenvalue weighted by Gasteiger charge is 2.37. The van der Waals surface area contributed by atoms with E-state index in [0.29, 0.717) is 6.54 Å². The van der Waals surface area contributed by atoms with Gasteiger partial charge < -0.3 is 15.1 Å². The molecule has 0 saturated carbocycles. The van der Waals surface area contributed by atoms with Crippen LogP contribution in [0.5, 0.6) is 0 Å². The van der Waals surface area contributed by atoms with Gasteiger partial charge in [-0.05, 0) is 56.2 Å². The Morgan fingerprint density at radius 2 is 1.96 bits per heavy atom. The summed E-state index contributed by atoms with van der Waals surface area (Å²) in [5.74, 6) is 0.524. The van der Waals surface area contributed by atoms with Gasteiger partial charge in [0.05, 0.1) is 12.1 Å². The lowest BCUT2D eigenvalue weighted by Gasteiger charge is -2.39. The zero-order chi connectivity index (χ0) is 20.3. The number of amides is 2. The zero-order valence-corrected chi connectivity index (χ0v) is 17.8. The van der Waals surface area contributed by atoms with E-state index in [1.54, 1.807) is 6.92 Å². The average molecular weight is 386 g/mol. The predicted molar refractivity (Wildman–Crippen MR) is 112 cm³/mol. The smallest absolute Gasteiger partial charge is 0.240 e. The van der Waals surface area contributed by atoms with Crippen molar-refractivity contribution in [1.29, 1.82) is 0 Å². The summed E-state index contributed by atoms with van der Waals surface area (Å²) in [6, 6.07) is 8.59. The summed E-state index contributed by atoms with van der Waals surface area (Å²) in [5, 5.41) is 3.18. The molecule has 5 nitrogen and oxygen atoms in total. The number of nitrogens with zero attached hydrogens (tertiary/aromatic N) is 2. The second-order valence-electron chi connectivity index (χ2n) is 8.62. The molecule has 154 valence electrons. The molecule has 1 saturated heterocycles. The fraction of sp³-hybridized carbons (Fsp3) is 0.652. The third kappa shape index (κ3) is 4.24. The van der Waals surface area contributed by atoms with Crippen molar-refractivity contribution in [3.63, 3.8) is 0 Å². The van der Waals surface area contributed by atoms with E-state index in [1.807, 2.05) is 16.8 Å².